The number of unbranched alkanes of at least 4 members (excludes halogenated alkanes) is 1. The molecular formula is C30H40F3NO2. The molecule has 3 nitrogen and oxygen atoms in total. The molecule has 36 heavy (non-hydrogen) atoms. The van der Waals surface area contributed by atoms with E-state index >= 15 is 0 Å². The van der Waals surface area contributed by atoms with Gasteiger partial charge in [0.2, 0.25) is 0 Å². The summed E-state index contributed by atoms with van der Waals surface area (Å²) < 4.78 is 39.4. The van der Waals surface area contributed by atoms with Crippen LogP contribution >= 0.6 is 0 Å². The number of aliphatic carboxylic acids is 1. The molecule has 0 radical (unpaired) electrons. The van der Waals surface area contributed by atoms with Crippen molar-refractivity contribution < 1.29 is 23.1 Å². The number of carboxylic acids is 1. The monoisotopic (exact) mass is 503 g/mol. The Morgan fingerprint density at radius 3 is 2.17 bits per heavy atom. The Hall–Kier alpha value is -2.34. The van der Waals surface area contributed by atoms with Crippen molar-refractivity contribution in [3.8, 4) is 11.1 Å². The Labute approximate surface area is 213 Å². The number of carboxylic acid groups (broad SMARTS) is 1. The number of carbonyl (C=O) groups is 1. The molecule has 0 bridgehead atoms. The Balaban J connectivity index is 1.91. The summed E-state index contributed by atoms with van der Waals surface area (Å²) in [5.74, 6) is -0.207. The van der Waals surface area contributed by atoms with Crippen molar-refractivity contribution in [3.63, 3.8) is 0 Å². The predicted molar refractivity (Wildman–Crippen MR) is 139 cm³/mol. The molecule has 3 rings (SSSR count). The van der Waals surface area contributed by atoms with Crippen molar-refractivity contribution in [3.05, 3.63) is 59.2 Å². The average molecular weight is 504 g/mol. The van der Waals surface area contributed by atoms with Crippen molar-refractivity contribution in [2.75, 3.05) is 6.54 Å². The average Bonchev–Trinajstić information content (AvgIpc) is 2.81. The van der Waals surface area contributed by atoms with Gasteiger partial charge in [-0.15, -0.1) is 0 Å². The van der Waals surface area contributed by atoms with E-state index in [9.17, 15) is 23.1 Å². The normalized spacial score (nSPS) is 19.0. The fourth-order valence-electron chi connectivity index (χ4n) is 5.43. The van der Waals surface area contributed by atoms with Gasteiger partial charge in [0, 0.05) is 12.6 Å². The van der Waals surface area contributed by atoms with Crippen LogP contribution < -0.4 is 0 Å². The molecule has 0 spiro atoms. The molecule has 0 unspecified atom stereocenters. The lowest BCUT2D eigenvalue weighted by Crippen LogP contribution is -2.40. The minimum Gasteiger partial charge on any atom is -0.481 e. The van der Waals surface area contributed by atoms with Crippen molar-refractivity contribution in [1.82, 2.24) is 4.90 Å². The first kappa shape index (κ1) is 28.2. The Bertz CT molecular complexity index is 1000. The van der Waals surface area contributed by atoms with Gasteiger partial charge in [-0.1, -0.05) is 64.4 Å². The summed E-state index contributed by atoms with van der Waals surface area (Å²) in [7, 11) is 0. The standard InChI is InChI=1S/C30H40F3NO2/c1-5-6-17-34(26-15-13-24(14-16-26)29(2,3)4)20-23-8-7-21(19-28(35)36)18-27(23)22-9-11-25(12-10-22)30(31,32)33/h7-12,18,24,26H,5-6,13-17,19-20H2,1-4H3,(H,35,36). The molecule has 0 heterocycles. The van der Waals surface area contributed by atoms with Gasteiger partial charge in [-0.3, -0.25) is 9.69 Å². The first-order valence-corrected chi connectivity index (χ1v) is 13.1. The van der Waals surface area contributed by atoms with Gasteiger partial charge in [-0.05, 0) is 84.4 Å². The number of rotatable bonds is 9. The zero-order chi connectivity index (χ0) is 26.5. The summed E-state index contributed by atoms with van der Waals surface area (Å²) in [4.78, 5) is 13.9. The second-order valence-electron chi connectivity index (χ2n) is 11.3. The zero-order valence-corrected chi connectivity index (χ0v) is 22.0. The molecule has 2 aromatic rings. The Morgan fingerprint density at radius 2 is 1.64 bits per heavy atom. The number of nitrogens with zero attached hydrogens (tertiary/aromatic N) is 1. The number of halogens is 3. The molecule has 2 aromatic carbocycles. The van der Waals surface area contributed by atoms with E-state index in [1.807, 2.05) is 18.2 Å². The van der Waals surface area contributed by atoms with Crippen molar-refractivity contribution in [1.29, 1.82) is 0 Å². The van der Waals surface area contributed by atoms with Gasteiger partial charge in [-0.2, -0.15) is 13.2 Å². The Kier molecular flexibility index (Phi) is 9.26. The highest BCUT2D eigenvalue weighted by Gasteiger charge is 2.32. The highest BCUT2D eigenvalue weighted by Crippen LogP contribution is 2.40. The van der Waals surface area contributed by atoms with E-state index in [4.69, 9.17) is 0 Å². The van der Waals surface area contributed by atoms with Gasteiger partial charge in [-0.25, -0.2) is 0 Å². The van der Waals surface area contributed by atoms with Gasteiger partial charge >= 0.3 is 12.1 Å². The van der Waals surface area contributed by atoms with Crippen LogP contribution in [0.4, 0.5) is 13.2 Å². The highest BCUT2D eigenvalue weighted by atomic mass is 19.4. The van der Waals surface area contributed by atoms with E-state index in [1.165, 1.54) is 25.0 Å². The maximum absolute atomic E-state index is 13.1. The maximum Gasteiger partial charge on any atom is 0.416 e. The van der Waals surface area contributed by atoms with Crippen LogP contribution in [0.3, 0.4) is 0 Å². The molecular weight excluding hydrogens is 463 g/mol. The lowest BCUT2D eigenvalue weighted by atomic mass is 9.71. The summed E-state index contributed by atoms with van der Waals surface area (Å²) in [5, 5.41) is 9.28. The third kappa shape index (κ3) is 7.58. The molecule has 1 aliphatic rings. The minimum absolute atomic E-state index is 0.121. The van der Waals surface area contributed by atoms with Crippen LogP contribution in [0.15, 0.2) is 42.5 Å². The predicted octanol–water partition coefficient (Wildman–Crippen LogP) is 8.21. The van der Waals surface area contributed by atoms with Crippen LogP contribution in [0.2, 0.25) is 0 Å². The largest absolute Gasteiger partial charge is 0.481 e. The second kappa shape index (κ2) is 11.8. The molecule has 0 amide bonds. The topological polar surface area (TPSA) is 40.5 Å². The van der Waals surface area contributed by atoms with Gasteiger partial charge in [0.25, 0.3) is 0 Å². The molecule has 0 saturated heterocycles. The number of alkyl halides is 3. The molecule has 6 heteroatoms. The van der Waals surface area contributed by atoms with Crippen LogP contribution in [0.5, 0.6) is 0 Å². The van der Waals surface area contributed by atoms with E-state index in [1.54, 1.807) is 0 Å². The van der Waals surface area contributed by atoms with E-state index in [-0.39, 0.29) is 6.42 Å². The van der Waals surface area contributed by atoms with Gasteiger partial charge < -0.3 is 5.11 Å². The number of hydrogen-bond acceptors (Lipinski definition) is 2. The minimum atomic E-state index is -4.39. The van der Waals surface area contributed by atoms with E-state index in [0.717, 1.165) is 61.4 Å². The van der Waals surface area contributed by atoms with Crippen molar-refractivity contribution in [2.24, 2.45) is 11.3 Å². The summed E-state index contributed by atoms with van der Waals surface area (Å²) in [6, 6.07) is 11.3. The van der Waals surface area contributed by atoms with Crippen molar-refractivity contribution >= 4 is 5.97 Å². The van der Waals surface area contributed by atoms with Crippen LogP contribution in [0.1, 0.15) is 82.9 Å². The molecule has 1 fully saturated rings. The summed E-state index contributed by atoms with van der Waals surface area (Å²) in [6.45, 7) is 10.8. The zero-order valence-electron chi connectivity index (χ0n) is 22.0. The van der Waals surface area contributed by atoms with Crippen LogP contribution in [-0.2, 0) is 23.9 Å². The van der Waals surface area contributed by atoms with Crippen LogP contribution in [0.25, 0.3) is 11.1 Å². The van der Waals surface area contributed by atoms with Gasteiger partial charge in [0.15, 0.2) is 0 Å². The molecule has 1 aliphatic carbocycles. The molecule has 1 N–H and O–H groups in total. The summed E-state index contributed by atoms with van der Waals surface area (Å²) >= 11 is 0. The maximum atomic E-state index is 13.1. The van der Waals surface area contributed by atoms with Crippen LogP contribution in [0, 0.1) is 11.3 Å². The molecule has 198 valence electrons. The van der Waals surface area contributed by atoms with Crippen molar-refractivity contribution in [2.45, 2.75) is 91.4 Å². The lowest BCUT2D eigenvalue weighted by molar-refractivity contribution is -0.138. The summed E-state index contributed by atoms with van der Waals surface area (Å²) in [6.07, 6.45) is 2.39. The fraction of sp³-hybridized carbons (Fsp3) is 0.567. The molecule has 0 atom stereocenters. The van der Waals surface area contributed by atoms with E-state index in [0.29, 0.717) is 29.1 Å². The van der Waals surface area contributed by atoms with E-state index < -0.39 is 17.7 Å². The Morgan fingerprint density at radius 1 is 1.00 bits per heavy atom. The van der Waals surface area contributed by atoms with Gasteiger partial charge in [0.1, 0.15) is 0 Å². The SMILES string of the molecule is CCCCN(Cc1ccc(CC(=O)O)cc1-c1ccc(C(F)(F)F)cc1)C1CCC(C(C)(C)C)CC1. The van der Waals surface area contributed by atoms with Gasteiger partial charge in [0.05, 0.1) is 12.0 Å². The van der Waals surface area contributed by atoms with Crippen LogP contribution in [-0.4, -0.2) is 28.6 Å². The number of hydrogen-bond donors (Lipinski definition) is 1. The quantitative estimate of drug-likeness (QED) is 0.375. The third-order valence-electron chi connectivity index (χ3n) is 7.66. The molecule has 1 saturated carbocycles. The molecule has 0 aromatic heterocycles. The fourth-order valence-corrected chi connectivity index (χ4v) is 5.43. The first-order valence-electron chi connectivity index (χ1n) is 13.1. The third-order valence-corrected chi connectivity index (χ3v) is 7.66. The second-order valence-corrected chi connectivity index (χ2v) is 11.3. The highest BCUT2D eigenvalue weighted by molar-refractivity contribution is 5.73. The smallest absolute Gasteiger partial charge is 0.416 e. The summed E-state index contributed by atoms with van der Waals surface area (Å²) in [5.41, 5.74) is 2.79. The van der Waals surface area contributed by atoms with E-state index in [2.05, 4.69) is 32.6 Å². The molecule has 0 aliphatic heterocycles. The number of benzene rings is 2. The first-order chi connectivity index (χ1) is 16.9. The lowest BCUT2D eigenvalue weighted by Gasteiger charge is -2.41.